The summed E-state index contributed by atoms with van der Waals surface area (Å²) in [6.45, 7) is 1.03. The number of carbonyl (C=O) groups excluding carboxylic acids is 1. The third-order valence-corrected chi connectivity index (χ3v) is 6.24. The summed E-state index contributed by atoms with van der Waals surface area (Å²) in [7, 11) is -3.32. The molecule has 0 saturated carbocycles. The predicted molar refractivity (Wildman–Crippen MR) is 89.7 cm³/mol. The Morgan fingerprint density at radius 1 is 1.26 bits per heavy atom. The number of hydrogen-bond acceptors (Lipinski definition) is 3. The summed E-state index contributed by atoms with van der Waals surface area (Å²) in [6, 6.07) is 7.86. The molecule has 1 aromatic rings. The zero-order chi connectivity index (χ0) is 16.4. The maximum absolute atomic E-state index is 12.4. The van der Waals surface area contributed by atoms with Crippen LogP contribution in [0.15, 0.2) is 24.3 Å². The first-order valence-electron chi connectivity index (χ1n) is 8.29. The second-order valence-corrected chi connectivity index (χ2v) is 8.50. The number of amides is 1. The first kappa shape index (κ1) is 16.5. The molecule has 0 spiro atoms. The third kappa shape index (κ3) is 3.58. The molecular weight excluding hydrogens is 312 g/mol. The Morgan fingerprint density at radius 2 is 2.04 bits per heavy atom. The smallest absolute Gasteiger partial charge is 0.238 e. The van der Waals surface area contributed by atoms with E-state index >= 15 is 0 Å². The van der Waals surface area contributed by atoms with Gasteiger partial charge in [0.15, 0.2) is 0 Å². The standard InChI is InChI=1S/C17H24N2O3S/c1-23(21,22)19-11-5-10-16(19)17(20)18-12-14-8-4-7-13-6-2-3-9-15(13)14/h2-3,6,9,14,16H,4-5,7-8,10-12H2,1H3,(H,18,20). The van der Waals surface area contributed by atoms with Crippen LogP contribution in [0.1, 0.15) is 42.7 Å². The second kappa shape index (κ2) is 6.61. The molecule has 1 fully saturated rings. The second-order valence-electron chi connectivity index (χ2n) is 6.56. The number of aryl methyl sites for hydroxylation is 1. The van der Waals surface area contributed by atoms with Crippen molar-refractivity contribution >= 4 is 15.9 Å². The molecule has 1 aromatic carbocycles. The summed E-state index contributed by atoms with van der Waals surface area (Å²) in [6.07, 6.45) is 5.84. The Hall–Kier alpha value is -1.40. The Balaban J connectivity index is 1.64. The highest BCUT2D eigenvalue weighted by Gasteiger charge is 2.36. The SMILES string of the molecule is CS(=O)(=O)N1CCCC1C(=O)NCC1CCCc2ccccc21. The van der Waals surface area contributed by atoms with Crippen LogP contribution in [0.5, 0.6) is 0 Å². The zero-order valence-corrected chi connectivity index (χ0v) is 14.3. The summed E-state index contributed by atoms with van der Waals surface area (Å²) in [5.41, 5.74) is 2.70. The van der Waals surface area contributed by atoms with E-state index in [1.165, 1.54) is 21.7 Å². The van der Waals surface area contributed by atoms with E-state index in [4.69, 9.17) is 0 Å². The first-order valence-corrected chi connectivity index (χ1v) is 10.1. The van der Waals surface area contributed by atoms with Crippen molar-refractivity contribution in [2.24, 2.45) is 0 Å². The molecule has 5 nitrogen and oxygen atoms in total. The van der Waals surface area contributed by atoms with E-state index in [2.05, 4.69) is 23.5 Å². The first-order chi connectivity index (χ1) is 11.0. The van der Waals surface area contributed by atoms with Crippen molar-refractivity contribution in [2.75, 3.05) is 19.3 Å². The van der Waals surface area contributed by atoms with Gasteiger partial charge in [0.25, 0.3) is 0 Å². The van der Waals surface area contributed by atoms with Crippen molar-refractivity contribution in [3.05, 3.63) is 35.4 Å². The summed E-state index contributed by atoms with van der Waals surface area (Å²) in [4.78, 5) is 12.4. The Labute approximate surface area is 138 Å². The number of fused-ring (bicyclic) bond motifs is 1. The van der Waals surface area contributed by atoms with Crippen molar-refractivity contribution in [1.82, 2.24) is 9.62 Å². The highest BCUT2D eigenvalue weighted by atomic mass is 32.2. The number of sulfonamides is 1. The molecule has 2 atom stereocenters. The van der Waals surface area contributed by atoms with Gasteiger partial charge in [-0.1, -0.05) is 24.3 Å². The van der Waals surface area contributed by atoms with Gasteiger partial charge in [-0.05, 0) is 43.2 Å². The van der Waals surface area contributed by atoms with Crippen LogP contribution in [-0.2, 0) is 21.2 Å². The molecule has 1 aliphatic heterocycles. The van der Waals surface area contributed by atoms with E-state index in [9.17, 15) is 13.2 Å². The molecule has 0 radical (unpaired) electrons. The largest absolute Gasteiger partial charge is 0.354 e. The molecule has 6 heteroatoms. The van der Waals surface area contributed by atoms with E-state index in [1.54, 1.807) is 0 Å². The van der Waals surface area contributed by atoms with Gasteiger partial charge in [0.2, 0.25) is 15.9 Å². The van der Waals surface area contributed by atoms with Crippen molar-refractivity contribution in [3.63, 3.8) is 0 Å². The lowest BCUT2D eigenvalue weighted by Crippen LogP contribution is -2.46. The fourth-order valence-corrected chi connectivity index (χ4v) is 4.93. The highest BCUT2D eigenvalue weighted by Crippen LogP contribution is 2.31. The Kier molecular flexibility index (Phi) is 4.73. The highest BCUT2D eigenvalue weighted by molar-refractivity contribution is 7.88. The quantitative estimate of drug-likeness (QED) is 0.909. The normalized spacial score (nSPS) is 25.1. The van der Waals surface area contributed by atoms with E-state index in [-0.39, 0.29) is 5.91 Å². The minimum absolute atomic E-state index is 0.157. The van der Waals surface area contributed by atoms with Gasteiger partial charge in [-0.3, -0.25) is 4.79 Å². The lowest BCUT2D eigenvalue weighted by molar-refractivity contribution is -0.124. The Bertz CT molecular complexity index is 687. The third-order valence-electron chi connectivity index (χ3n) is 4.95. The van der Waals surface area contributed by atoms with Crippen molar-refractivity contribution in [2.45, 2.75) is 44.1 Å². The fraction of sp³-hybridized carbons (Fsp3) is 0.588. The molecular formula is C17H24N2O3S. The predicted octanol–water partition coefficient (Wildman–Crippen LogP) is 1.65. The summed E-state index contributed by atoms with van der Waals surface area (Å²) >= 11 is 0. The Morgan fingerprint density at radius 3 is 2.83 bits per heavy atom. The van der Waals surface area contributed by atoms with Crippen LogP contribution in [0.25, 0.3) is 0 Å². The molecule has 0 bridgehead atoms. The van der Waals surface area contributed by atoms with Crippen LogP contribution in [-0.4, -0.2) is 44.0 Å². The lowest BCUT2D eigenvalue weighted by Gasteiger charge is -2.27. The van der Waals surface area contributed by atoms with Crippen molar-refractivity contribution < 1.29 is 13.2 Å². The van der Waals surface area contributed by atoms with Crippen molar-refractivity contribution in [3.8, 4) is 0 Å². The van der Waals surface area contributed by atoms with Gasteiger partial charge in [-0.25, -0.2) is 8.42 Å². The molecule has 3 rings (SSSR count). The van der Waals surface area contributed by atoms with Gasteiger partial charge in [-0.2, -0.15) is 4.31 Å². The fourth-order valence-electron chi connectivity index (χ4n) is 3.81. The van der Waals surface area contributed by atoms with Crippen molar-refractivity contribution in [1.29, 1.82) is 0 Å². The van der Waals surface area contributed by atoms with Crippen LogP contribution < -0.4 is 5.32 Å². The molecule has 1 amide bonds. The molecule has 1 N–H and O–H groups in total. The number of nitrogens with zero attached hydrogens (tertiary/aromatic N) is 1. The van der Waals surface area contributed by atoms with E-state index in [1.807, 2.05) is 6.07 Å². The molecule has 2 aliphatic rings. The maximum Gasteiger partial charge on any atom is 0.238 e. The minimum atomic E-state index is -3.32. The van der Waals surface area contributed by atoms with Gasteiger partial charge in [-0.15, -0.1) is 0 Å². The molecule has 23 heavy (non-hydrogen) atoms. The van der Waals surface area contributed by atoms with Gasteiger partial charge >= 0.3 is 0 Å². The van der Waals surface area contributed by atoms with Crippen LogP contribution in [0.3, 0.4) is 0 Å². The summed E-state index contributed by atoms with van der Waals surface area (Å²) in [5.74, 6) is 0.174. The topological polar surface area (TPSA) is 66.5 Å². The van der Waals surface area contributed by atoms with Gasteiger partial charge in [0.1, 0.15) is 6.04 Å². The minimum Gasteiger partial charge on any atom is -0.354 e. The van der Waals surface area contributed by atoms with Gasteiger partial charge in [0, 0.05) is 19.0 Å². The average molecular weight is 336 g/mol. The average Bonchev–Trinajstić information content (AvgIpc) is 3.02. The molecule has 0 aromatic heterocycles. The summed E-state index contributed by atoms with van der Waals surface area (Å²) in [5, 5.41) is 2.99. The molecule has 2 unspecified atom stereocenters. The van der Waals surface area contributed by atoms with Crippen LogP contribution in [0.4, 0.5) is 0 Å². The number of benzene rings is 1. The number of nitrogens with one attached hydrogen (secondary N) is 1. The zero-order valence-electron chi connectivity index (χ0n) is 13.5. The molecule has 126 valence electrons. The molecule has 1 saturated heterocycles. The molecule has 1 heterocycles. The number of hydrogen-bond donors (Lipinski definition) is 1. The van der Waals surface area contributed by atoms with E-state index < -0.39 is 16.1 Å². The monoisotopic (exact) mass is 336 g/mol. The van der Waals surface area contributed by atoms with Gasteiger partial charge in [0.05, 0.1) is 6.26 Å². The lowest BCUT2D eigenvalue weighted by atomic mass is 9.83. The summed E-state index contributed by atoms with van der Waals surface area (Å²) < 4.78 is 24.9. The van der Waals surface area contributed by atoms with Crippen LogP contribution in [0, 0.1) is 0 Å². The number of rotatable bonds is 4. The maximum atomic E-state index is 12.4. The van der Waals surface area contributed by atoms with Crippen LogP contribution in [0.2, 0.25) is 0 Å². The van der Waals surface area contributed by atoms with E-state index in [0.717, 1.165) is 25.7 Å². The van der Waals surface area contributed by atoms with Crippen LogP contribution >= 0.6 is 0 Å². The van der Waals surface area contributed by atoms with E-state index in [0.29, 0.717) is 25.4 Å². The number of carbonyl (C=O) groups is 1. The molecule has 1 aliphatic carbocycles. The van der Waals surface area contributed by atoms with Gasteiger partial charge < -0.3 is 5.32 Å².